The second-order valence-corrected chi connectivity index (χ2v) is 5.11. The van der Waals surface area contributed by atoms with Gasteiger partial charge in [-0.2, -0.15) is 5.10 Å². The number of fused-ring (bicyclic) bond motifs is 1. The first kappa shape index (κ1) is 15.5. The van der Waals surface area contributed by atoms with E-state index in [0.717, 1.165) is 0 Å². The van der Waals surface area contributed by atoms with E-state index in [9.17, 15) is 9.90 Å². The summed E-state index contributed by atoms with van der Waals surface area (Å²) in [7, 11) is 1.47. The van der Waals surface area contributed by atoms with Crippen LogP contribution in [-0.2, 0) is 0 Å². The van der Waals surface area contributed by atoms with Crippen molar-refractivity contribution in [2.45, 2.75) is 6.92 Å². The lowest BCUT2D eigenvalue weighted by atomic mass is 10.2. The topological polar surface area (TPSA) is 88.2 Å². The highest BCUT2D eigenvalue weighted by Crippen LogP contribution is 2.25. The summed E-state index contributed by atoms with van der Waals surface area (Å²) in [5.41, 5.74) is 4.85. The fraction of sp³-hybridized carbons (Fsp3) is 0.118. The van der Waals surface area contributed by atoms with Crippen molar-refractivity contribution in [2.24, 2.45) is 5.10 Å². The molecule has 0 radical (unpaired) electrons. The molecule has 0 aliphatic rings. The minimum absolute atomic E-state index is 0.00500. The molecule has 0 saturated heterocycles. The number of aromatic nitrogens is 2. The van der Waals surface area contributed by atoms with E-state index in [1.807, 2.05) is 18.2 Å². The number of hydrazone groups is 1. The van der Waals surface area contributed by atoms with Crippen LogP contribution in [0, 0.1) is 6.92 Å². The Kier molecular flexibility index (Phi) is 4.15. The molecule has 0 aliphatic heterocycles. The predicted octanol–water partition coefficient (Wildman–Crippen LogP) is 2.12. The summed E-state index contributed by atoms with van der Waals surface area (Å²) in [4.78, 5) is 16.7. The van der Waals surface area contributed by atoms with E-state index in [-0.39, 0.29) is 11.7 Å². The molecule has 0 saturated carbocycles. The minimum Gasteiger partial charge on any atom is -0.504 e. The minimum atomic E-state index is -0.361. The second-order valence-electron chi connectivity index (χ2n) is 5.11. The first-order valence-electron chi connectivity index (χ1n) is 7.24. The van der Waals surface area contributed by atoms with Crippen LogP contribution in [0.15, 0.2) is 47.7 Å². The normalized spacial score (nSPS) is 11.1. The summed E-state index contributed by atoms with van der Waals surface area (Å²) in [6.45, 7) is 1.77. The molecule has 3 rings (SSSR count). The fourth-order valence-electron chi connectivity index (χ4n) is 2.39. The van der Waals surface area contributed by atoms with E-state index in [0.29, 0.717) is 28.3 Å². The zero-order valence-corrected chi connectivity index (χ0v) is 13.2. The zero-order valence-electron chi connectivity index (χ0n) is 13.2. The summed E-state index contributed by atoms with van der Waals surface area (Å²) in [6, 6.07) is 10.3. The van der Waals surface area contributed by atoms with Crippen LogP contribution in [0.3, 0.4) is 0 Å². The van der Waals surface area contributed by atoms with Crippen LogP contribution in [0.5, 0.6) is 11.5 Å². The highest BCUT2D eigenvalue weighted by Gasteiger charge is 2.15. The molecule has 0 aliphatic carbocycles. The molecule has 24 heavy (non-hydrogen) atoms. The smallest absolute Gasteiger partial charge is 0.290 e. The van der Waals surface area contributed by atoms with Gasteiger partial charge in [0.1, 0.15) is 11.3 Å². The number of pyridine rings is 1. The molecule has 3 aromatic rings. The number of carbonyl (C=O) groups is 1. The van der Waals surface area contributed by atoms with Gasteiger partial charge in [0, 0.05) is 6.20 Å². The summed E-state index contributed by atoms with van der Waals surface area (Å²) in [6.07, 6.45) is 3.21. The molecule has 7 heteroatoms. The highest BCUT2D eigenvalue weighted by molar-refractivity contribution is 5.95. The SMILES string of the molecule is COc1ccc(/C=N\NC(=O)c2c(C)nc3ccccn23)cc1O. The van der Waals surface area contributed by atoms with Gasteiger partial charge in [0.05, 0.1) is 19.0 Å². The molecule has 0 fully saturated rings. The molecule has 2 heterocycles. The van der Waals surface area contributed by atoms with Crippen LogP contribution in [0.1, 0.15) is 21.7 Å². The third-order valence-electron chi connectivity index (χ3n) is 3.50. The van der Waals surface area contributed by atoms with Crippen molar-refractivity contribution in [1.82, 2.24) is 14.8 Å². The number of amides is 1. The molecule has 2 aromatic heterocycles. The fourth-order valence-corrected chi connectivity index (χ4v) is 2.39. The Morgan fingerprint density at radius 3 is 2.96 bits per heavy atom. The Labute approximate surface area is 138 Å². The van der Waals surface area contributed by atoms with Gasteiger partial charge in [-0.05, 0) is 42.8 Å². The molecular formula is C17H16N4O3. The average Bonchev–Trinajstić information content (AvgIpc) is 2.90. The van der Waals surface area contributed by atoms with Gasteiger partial charge in [-0.3, -0.25) is 9.20 Å². The Hall–Kier alpha value is -3.35. The van der Waals surface area contributed by atoms with Crippen molar-refractivity contribution in [3.63, 3.8) is 0 Å². The van der Waals surface area contributed by atoms with Gasteiger partial charge in [-0.25, -0.2) is 10.4 Å². The van der Waals surface area contributed by atoms with E-state index in [4.69, 9.17) is 4.74 Å². The molecule has 7 nitrogen and oxygen atoms in total. The lowest BCUT2D eigenvalue weighted by molar-refractivity contribution is 0.0948. The van der Waals surface area contributed by atoms with E-state index >= 15 is 0 Å². The molecular weight excluding hydrogens is 308 g/mol. The van der Waals surface area contributed by atoms with Gasteiger partial charge in [0.15, 0.2) is 11.5 Å². The molecule has 2 N–H and O–H groups in total. The third kappa shape index (κ3) is 2.91. The summed E-state index contributed by atoms with van der Waals surface area (Å²) < 4.78 is 6.68. The molecule has 0 atom stereocenters. The molecule has 0 unspecified atom stereocenters. The number of carbonyl (C=O) groups excluding carboxylic acids is 1. The molecule has 122 valence electrons. The highest BCUT2D eigenvalue weighted by atomic mass is 16.5. The number of imidazole rings is 1. The zero-order chi connectivity index (χ0) is 17.1. The van der Waals surface area contributed by atoms with Gasteiger partial charge < -0.3 is 9.84 Å². The van der Waals surface area contributed by atoms with Crippen molar-refractivity contribution in [3.05, 3.63) is 59.5 Å². The van der Waals surface area contributed by atoms with Crippen molar-refractivity contribution in [2.75, 3.05) is 7.11 Å². The Balaban J connectivity index is 1.77. The van der Waals surface area contributed by atoms with Gasteiger partial charge in [0.2, 0.25) is 0 Å². The van der Waals surface area contributed by atoms with E-state index in [2.05, 4.69) is 15.5 Å². The number of hydrogen-bond donors (Lipinski definition) is 2. The number of rotatable bonds is 4. The largest absolute Gasteiger partial charge is 0.504 e. The molecule has 1 aromatic carbocycles. The summed E-state index contributed by atoms with van der Waals surface area (Å²) >= 11 is 0. The number of nitrogens with one attached hydrogen (secondary N) is 1. The third-order valence-corrected chi connectivity index (χ3v) is 3.50. The van der Waals surface area contributed by atoms with E-state index in [1.165, 1.54) is 19.4 Å². The number of hydrogen-bond acceptors (Lipinski definition) is 5. The number of methoxy groups -OCH3 is 1. The van der Waals surface area contributed by atoms with E-state index in [1.54, 1.807) is 29.7 Å². The average molecular weight is 324 g/mol. The number of ether oxygens (including phenoxy) is 1. The number of phenolic OH excluding ortho intramolecular Hbond substituents is 1. The number of aryl methyl sites for hydroxylation is 1. The van der Waals surface area contributed by atoms with Crippen LogP contribution in [0.2, 0.25) is 0 Å². The first-order chi connectivity index (χ1) is 11.6. The number of nitrogens with zero attached hydrogens (tertiary/aromatic N) is 3. The lowest BCUT2D eigenvalue weighted by Crippen LogP contribution is -2.20. The van der Waals surface area contributed by atoms with Crippen molar-refractivity contribution in [1.29, 1.82) is 0 Å². The number of aromatic hydroxyl groups is 1. The van der Waals surface area contributed by atoms with E-state index < -0.39 is 0 Å². The van der Waals surface area contributed by atoms with Gasteiger partial charge in [0.25, 0.3) is 5.91 Å². The maximum atomic E-state index is 12.3. The standard InChI is InChI=1S/C17H16N4O3/c1-11-16(21-8-4-3-5-15(21)19-11)17(23)20-18-10-12-6-7-14(24-2)13(22)9-12/h3-10,22H,1-2H3,(H,20,23)/b18-10-. The van der Waals surface area contributed by atoms with Crippen molar-refractivity contribution < 1.29 is 14.6 Å². The predicted molar refractivity (Wildman–Crippen MR) is 89.6 cm³/mol. The maximum absolute atomic E-state index is 12.3. The summed E-state index contributed by atoms with van der Waals surface area (Å²) in [5, 5.41) is 13.6. The van der Waals surface area contributed by atoms with Crippen LogP contribution >= 0.6 is 0 Å². The lowest BCUT2D eigenvalue weighted by Gasteiger charge is -2.03. The van der Waals surface area contributed by atoms with Crippen LogP contribution < -0.4 is 10.2 Å². The van der Waals surface area contributed by atoms with Crippen LogP contribution in [-0.4, -0.2) is 33.7 Å². The first-order valence-corrected chi connectivity index (χ1v) is 7.24. The quantitative estimate of drug-likeness (QED) is 0.568. The maximum Gasteiger partial charge on any atom is 0.290 e. The molecule has 0 bridgehead atoms. The Morgan fingerprint density at radius 1 is 1.38 bits per heavy atom. The number of benzene rings is 1. The monoisotopic (exact) mass is 324 g/mol. The molecule has 1 amide bonds. The van der Waals surface area contributed by atoms with Crippen LogP contribution in [0.4, 0.5) is 0 Å². The van der Waals surface area contributed by atoms with Crippen LogP contribution in [0.25, 0.3) is 5.65 Å². The number of phenols is 1. The second kappa shape index (κ2) is 6.41. The Bertz CT molecular complexity index is 931. The van der Waals surface area contributed by atoms with Gasteiger partial charge in [-0.15, -0.1) is 0 Å². The van der Waals surface area contributed by atoms with Gasteiger partial charge in [-0.1, -0.05) is 6.07 Å². The Morgan fingerprint density at radius 2 is 2.21 bits per heavy atom. The van der Waals surface area contributed by atoms with Gasteiger partial charge >= 0.3 is 0 Å². The molecule has 0 spiro atoms. The summed E-state index contributed by atoms with van der Waals surface area (Å²) in [5.74, 6) is 0.0168. The van der Waals surface area contributed by atoms with Crippen molar-refractivity contribution in [3.8, 4) is 11.5 Å². The van der Waals surface area contributed by atoms with Crippen molar-refractivity contribution >= 4 is 17.8 Å².